The molecule has 4 rings (SSSR count). The van der Waals surface area contributed by atoms with E-state index in [1.54, 1.807) is 31.9 Å². The van der Waals surface area contributed by atoms with Crippen LogP contribution in [0.3, 0.4) is 0 Å². The highest BCUT2D eigenvalue weighted by molar-refractivity contribution is 5.81. The Bertz CT molecular complexity index is 1180. The maximum Gasteiger partial charge on any atom is 0.416 e. The predicted molar refractivity (Wildman–Crippen MR) is 116 cm³/mol. The Morgan fingerprint density at radius 2 is 2.03 bits per heavy atom. The molecular formula is C23H25F3N4O3. The number of alkyl halides is 3. The van der Waals surface area contributed by atoms with Crippen molar-refractivity contribution in [3.63, 3.8) is 0 Å². The normalized spacial score (nSPS) is 17.1. The van der Waals surface area contributed by atoms with Crippen molar-refractivity contribution < 1.29 is 27.4 Å². The molecule has 1 amide bonds. The second kappa shape index (κ2) is 9.01. The third kappa shape index (κ3) is 4.80. The quantitative estimate of drug-likeness (QED) is 0.396. The number of likely N-dealkylation sites (N-methyl/N-ethyl adjacent to an activating group) is 1. The van der Waals surface area contributed by atoms with Crippen molar-refractivity contribution in [2.45, 2.75) is 38.9 Å². The molecule has 3 aromatic rings. The third-order valence-electron chi connectivity index (χ3n) is 5.75. The fourth-order valence-electron chi connectivity index (χ4n) is 4.00. The van der Waals surface area contributed by atoms with E-state index in [1.807, 2.05) is 16.9 Å². The van der Waals surface area contributed by atoms with Gasteiger partial charge in [0.2, 0.25) is 5.91 Å². The van der Waals surface area contributed by atoms with Gasteiger partial charge in [0.05, 0.1) is 17.3 Å². The summed E-state index contributed by atoms with van der Waals surface area (Å²) in [5, 5.41) is 5.40. The minimum Gasteiger partial charge on any atom is -0.467 e. The van der Waals surface area contributed by atoms with E-state index in [-0.39, 0.29) is 24.5 Å². The van der Waals surface area contributed by atoms with E-state index < -0.39 is 11.7 Å². The Balaban J connectivity index is 1.72. The van der Waals surface area contributed by atoms with Gasteiger partial charge in [0.15, 0.2) is 12.4 Å². The molecule has 0 bridgehead atoms. The van der Waals surface area contributed by atoms with Gasteiger partial charge in [0.25, 0.3) is 0 Å². The van der Waals surface area contributed by atoms with Gasteiger partial charge in [-0.15, -0.1) is 0 Å². The summed E-state index contributed by atoms with van der Waals surface area (Å²) in [6.07, 6.45) is -1.47. The average Bonchev–Trinajstić information content (AvgIpc) is 3.18. The smallest absolute Gasteiger partial charge is 0.416 e. The van der Waals surface area contributed by atoms with Crippen LogP contribution >= 0.6 is 0 Å². The van der Waals surface area contributed by atoms with Gasteiger partial charge in [-0.25, -0.2) is 4.98 Å². The summed E-state index contributed by atoms with van der Waals surface area (Å²) < 4.78 is 52.7. The molecule has 1 aromatic carbocycles. The first-order valence-corrected chi connectivity index (χ1v) is 10.7. The van der Waals surface area contributed by atoms with Crippen LogP contribution < -0.4 is 4.74 Å². The molecule has 1 fully saturated rings. The maximum atomic E-state index is 13.4. The highest BCUT2D eigenvalue weighted by Gasteiger charge is 2.32. The molecule has 1 aliphatic rings. The molecule has 1 aliphatic heterocycles. The van der Waals surface area contributed by atoms with E-state index in [0.29, 0.717) is 48.5 Å². The average molecular weight is 462 g/mol. The lowest BCUT2D eigenvalue weighted by Crippen LogP contribution is -2.38. The van der Waals surface area contributed by atoms with Crippen LogP contribution in [0.1, 0.15) is 36.9 Å². The summed E-state index contributed by atoms with van der Waals surface area (Å²) in [6, 6.07) is 5.68. The number of piperidine rings is 1. The van der Waals surface area contributed by atoms with Gasteiger partial charge in [-0.05, 0) is 50.1 Å². The van der Waals surface area contributed by atoms with Crippen LogP contribution in [0.4, 0.5) is 13.2 Å². The fourth-order valence-corrected chi connectivity index (χ4v) is 4.00. The number of fused-ring (bicyclic) bond motifs is 1. The number of hydrogen-bond acceptors (Lipinski definition) is 5. The van der Waals surface area contributed by atoms with E-state index >= 15 is 0 Å². The number of pyridine rings is 1. The number of hydrogen-bond donors (Lipinski definition) is 0. The topological polar surface area (TPSA) is 69.5 Å². The number of nitrogens with zero attached hydrogens (tertiary/aromatic N) is 4. The fraction of sp³-hybridized carbons (Fsp3) is 0.435. The summed E-state index contributed by atoms with van der Waals surface area (Å²) in [5.74, 6) is 0.162. The molecule has 0 spiro atoms. The summed E-state index contributed by atoms with van der Waals surface area (Å²) in [7, 11) is 1.77. The van der Waals surface area contributed by atoms with Gasteiger partial charge in [-0.2, -0.15) is 18.3 Å². The highest BCUT2D eigenvalue weighted by Crippen LogP contribution is 2.39. The van der Waals surface area contributed by atoms with E-state index in [0.717, 1.165) is 17.5 Å². The van der Waals surface area contributed by atoms with E-state index in [4.69, 9.17) is 9.47 Å². The lowest BCUT2D eigenvalue weighted by atomic mass is 10.00. The van der Waals surface area contributed by atoms with Crippen LogP contribution in [0.25, 0.3) is 22.3 Å². The molecule has 0 radical (unpaired) electrons. The van der Waals surface area contributed by atoms with Crippen molar-refractivity contribution in [3.8, 4) is 17.0 Å². The minimum atomic E-state index is -4.50. The first kappa shape index (κ1) is 23.0. The molecule has 3 heterocycles. The molecule has 2 aromatic heterocycles. The zero-order chi connectivity index (χ0) is 23.8. The van der Waals surface area contributed by atoms with Crippen LogP contribution in [-0.2, 0) is 15.7 Å². The van der Waals surface area contributed by atoms with E-state index in [2.05, 4.69) is 10.1 Å². The van der Waals surface area contributed by atoms with E-state index in [1.165, 1.54) is 0 Å². The second-order valence-electron chi connectivity index (χ2n) is 8.10. The summed E-state index contributed by atoms with van der Waals surface area (Å²) in [6.45, 7) is 4.13. The summed E-state index contributed by atoms with van der Waals surface area (Å²) in [4.78, 5) is 18.1. The van der Waals surface area contributed by atoms with Gasteiger partial charge in [-0.1, -0.05) is 0 Å². The number of carbonyl (C=O) groups excluding carboxylic acids is 1. The number of aromatic nitrogens is 3. The third-order valence-corrected chi connectivity index (χ3v) is 5.75. The van der Waals surface area contributed by atoms with Crippen LogP contribution in [0.15, 0.2) is 30.5 Å². The Morgan fingerprint density at radius 1 is 1.24 bits per heavy atom. The zero-order valence-electron chi connectivity index (χ0n) is 18.6. The Labute approximate surface area is 189 Å². The molecular weight excluding hydrogens is 437 g/mol. The molecule has 1 saturated heterocycles. The number of likely N-dealkylation sites (tertiary alicyclic amines) is 1. The van der Waals surface area contributed by atoms with Crippen molar-refractivity contribution in [2.24, 2.45) is 0 Å². The van der Waals surface area contributed by atoms with Gasteiger partial charge in [0.1, 0.15) is 5.75 Å². The van der Waals surface area contributed by atoms with Crippen molar-refractivity contribution in [3.05, 3.63) is 41.6 Å². The van der Waals surface area contributed by atoms with Gasteiger partial charge in [-0.3, -0.25) is 9.48 Å². The van der Waals surface area contributed by atoms with Gasteiger partial charge < -0.3 is 14.4 Å². The SMILES string of the molecule is CCOCOc1cc(C(F)(F)F)cc(C)c1-c1ccc2cn(C3CCC(=O)N(C)C3)nc2n1. The van der Waals surface area contributed by atoms with Crippen molar-refractivity contribution >= 4 is 16.9 Å². The number of amides is 1. The van der Waals surface area contributed by atoms with Crippen LogP contribution in [0.2, 0.25) is 0 Å². The summed E-state index contributed by atoms with van der Waals surface area (Å²) >= 11 is 0. The molecule has 1 unspecified atom stereocenters. The molecule has 33 heavy (non-hydrogen) atoms. The molecule has 7 nitrogen and oxygen atoms in total. The number of benzene rings is 1. The highest BCUT2D eigenvalue weighted by atomic mass is 19.4. The molecule has 10 heteroatoms. The van der Waals surface area contributed by atoms with Crippen LogP contribution in [-0.4, -0.2) is 52.6 Å². The van der Waals surface area contributed by atoms with E-state index in [9.17, 15) is 18.0 Å². The molecule has 0 aliphatic carbocycles. The Hall–Kier alpha value is -3.14. The number of halogens is 3. The largest absolute Gasteiger partial charge is 0.467 e. The molecule has 1 atom stereocenters. The van der Waals surface area contributed by atoms with Gasteiger partial charge >= 0.3 is 6.18 Å². The lowest BCUT2D eigenvalue weighted by Gasteiger charge is -2.29. The maximum absolute atomic E-state index is 13.4. The first-order valence-electron chi connectivity index (χ1n) is 10.7. The van der Waals surface area contributed by atoms with Crippen molar-refractivity contribution in [2.75, 3.05) is 27.0 Å². The lowest BCUT2D eigenvalue weighted by molar-refractivity contribution is -0.137. The number of rotatable bonds is 6. The molecule has 0 saturated carbocycles. The standard InChI is InChI=1S/C23H25F3N4O3/c1-4-32-13-33-19-10-16(23(24,25)26)9-14(2)21(19)18-7-5-15-11-30(28-22(15)27-18)17-6-8-20(31)29(3)12-17/h5,7,9-11,17H,4,6,8,12-13H2,1-3H3. The number of ether oxygens (including phenoxy) is 2. The monoisotopic (exact) mass is 462 g/mol. The van der Waals surface area contributed by atoms with Gasteiger partial charge in [0, 0.05) is 43.8 Å². The molecule has 176 valence electrons. The number of carbonyl (C=O) groups is 1. The summed E-state index contributed by atoms with van der Waals surface area (Å²) in [5.41, 5.74) is 0.984. The minimum absolute atomic E-state index is 0.0447. The molecule has 0 N–H and O–H groups in total. The predicted octanol–water partition coefficient (Wildman–Crippen LogP) is 4.59. The van der Waals surface area contributed by atoms with Crippen LogP contribution in [0, 0.1) is 6.92 Å². The number of aryl methyl sites for hydroxylation is 1. The van der Waals surface area contributed by atoms with Crippen molar-refractivity contribution in [1.82, 2.24) is 19.7 Å². The Morgan fingerprint density at radius 3 is 2.73 bits per heavy atom. The second-order valence-corrected chi connectivity index (χ2v) is 8.10. The Kier molecular flexibility index (Phi) is 6.29. The first-order chi connectivity index (χ1) is 15.7. The van der Waals surface area contributed by atoms with Crippen LogP contribution in [0.5, 0.6) is 5.75 Å². The zero-order valence-corrected chi connectivity index (χ0v) is 18.6. The van der Waals surface area contributed by atoms with Crippen molar-refractivity contribution in [1.29, 1.82) is 0 Å².